The van der Waals surface area contributed by atoms with Crippen LogP contribution in [0.5, 0.6) is 11.5 Å². The van der Waals surface area contributed by atoms with Crippen molar-refractivity contribution in [1.82, 2.24) is 0 Å². The lowest BCUT2D eigenvalue weighted by Gasteiger charge is -2.14. The van der Waals surface area contributed by atoms with E-state index in [4.69, 9.17) is 25.8 Å². The number of carbonyl (C=O) groups is 1. The normalized spacial score (nSPS) is 14.3. The molecule has 1 aliphatic rings. The summed E-state index contributed by atoms with van der Waals surface area (Å²) in [6.07, 6.45) is 1.62. The predicted octanol–water partition coefficient (Wildman–Crippen LogP) is 5.66. The van der Waals surface area contributed by atoms with Crippen LogP contribution in [0.15, 0.2) is 83.5 Å². The number of cyclic esters (lactones) is 1. The van der Waals surface area contributed by atoms with E-state index in [2.05, 4.69) is 4.99 Å². The molecule has 0 spiro atoms. The molecular formula is C25H20ClNO4. The van der Waals surface area contributed by atoms with Crippen molar-refractivity contribution in [3.8, 4) is 11.5 Å². The van der Waals surface area contributed by atoms with Crippen LogP contribution in [0.4, 0.5) is 0 Å². The molecule has 0 radical (unpaired) electrons. The van der Waals surface area contributed by atoms with Crippen LogP contribution in [-0.4, -0.2) is 18.5 Å². The lowest BCUT2D eigenvalue weighted by molar-refractivity contribution is -0.129. The molecule has 5 nitrogen and oxygen atoms in total. The lowest BCUT2D eigenvalue weighted by Crippen LogP contribution is -2.05. The molecule has 1 aliphatic heterocycles. The number of esters is 1. The van der Waals surface area contributed by atoms with E-state index in [1.54, 1.807) is 18.2 Å². The second-order valence-corrected chi connectivity index (χ2v) is 7.15. The molecule has 4 rings (SSSR count). The average Bonchev–Trinajstić information content (AvgIpc) is 3.15. The Morgan fingerprint density at radius 1 is 1.00 bits per heavy atom. The van der Waals surface area contributed by atoms with E-state index in [1.165, 1.54) is 0 Å². The van der Waals surface area contributed by atoms with Gasteiger partial charge in [-0.1, -0.05) is 60.1 Å². The molecule has 0 saturated carbocycles. The second kappa shape index (κ2) is 9.49. The highest BCUT2D eigenvalue weighted by Crippen LogP contribution is 2.38. The molecule has 3 aromatic carbocycles. The van der Waals surface area contributed by atoms with Gasteiger partial charge in [0.15, 0.2) is 17.2 Å². The van der Waals surface area contributed by atoms with Crippen LogP contribution in [0.3, 0.4) is 0 Å². The van der Waals surface area contributed by atoms with Crippen LogP contribution >= 0.6 is 11.6 Å². The van der Waals surface area contributed by atoms with Crippen molar-refractivity contribution in [1.29, 1.82) is 0 Å². The number of hydrogen-bond donors (Lipinski definition) is 0. The van der Waals surface area contributed by atoms with Gasteiger partial charge >= 0.3 is 5.97 Å². The van der Waals surface area contributed by atoms with Crippen molar-refractivity contribution < 1.29 is 19.0 Å². The Kier molecular flexibility index (Phi) is 6.34. The van der Waals surface area contributed by atoms with Crippen molar-refractivity contribution in [2.75, 3.05) is 6.61 Å². The van der Waals surface area contributed by atoms with Gasteiger partial charge in [0.25, 0.3) is 0 Å². The van der Waals surface area contributed by atoms with E-state index < -0.39 is 5.97 Å². The molecule has 0 unspecified atom stereocenters. The van der Waals surface area contributed by atoms with Gasteiger partial charge in [0.05, 0.1) is 11.6 Å². The number of nitrogens with zero attached hydrogens (tertiary/aromatic N) is 1. The third kappa shape index (κ3) is 4.95. The molecule has 3 aromatic rings. The molecule has 6 heteroatoms. The number of aliphatic imine (C=N–C) groups is 1. The minimum Gasteiger partial charge on any atom is -0.490 e. The fraction of sp³-hybridized carbons (Fsp3) is 0.120. The number of halogens is 1. The molecule has 0 aromatic heterocycles. The fourth-order valence-corrected chi connectivity index (χ4v) is 3.35. The SMILES string of the molecule is CCOc1cc(C=C2N=C(c3ccccc3)OC2=O)cc(Cl)c1OCc1ccccc1. The summed E-state index contributed by atoms with van der Waals surface area (Å²) in [4.78, 5) is 16.6. The van der Waals surface area contributed by atoms with E-state index in [0.29, 0.717) is 35.3 Å². The Hall–Kier alpha value is -3.57. The highest BCUT2D eigenvalue weighted by molar-refractivity contribution is 6.32. The van der Waals surface area contributed by atoms with Crippen molar-refractivity contribution in [3.05, 3.63) is 100 Å². The Balaban J connectivity index is 1.61. The molecule has 156 valence electrons. The molecule has 0 fully saturated rings. The summed E-state index contributed by atoms with van der Waals surface area (Å²) in [5.74, 6) is 0.710. The number of ether oxygens (including phenoxy) is 3. The number of hydrogen-bond acceptors (Lipinski definition) is 5. The molecule has 0 amide bonds. The van der Waals surface area contributed by atoms with Crippen molar-refractivity contribution in [2.45, 2.75) is 13.5 Å². The minimum atomic E-state index is -0.516. The smallest absolute Gasteiger partial charge is 0.363 e. The molecule has 31 heavy (non-hydrogen) atoms. The number of carbonyl (C=O) groups excluding carboxylic acids is 1. The van der Waals surface area contributed by atoms with Crippen LogP contribution in [-0.2, 0) is 16.1 Å². The van der Waals surface area contributed by atoms with Gasteiger partial charge < -0.3 is 14.2 Å². The summed E-state index contributed by atoms with van der Waals surface area (Å²) in [6, 6.07) is 22.5. The zero-order valence-electron chi connectivity index (χ0n) is 16.9. The number of benzene rings is 3. The molecule has 0 saturated heterocycles. The summed E-state index contributed by atoms with van der Waals surface area (Å²) in [7, 11) is 0. The van der Waals surface area contributed by atoms with Gasteiger partial charge in [0.2, 0.25) is 5.90 Å². The third-order valence-corrected chi connectivity index (χ3v) is 4.78. The summed E-state index contributed by atoms with van der Waals surface area (Å²) >= 11 is 6.50. The van der Waals surface area contributed by atoms with Crippen LogP contribution < -0.4 is 9.47 Å². The lowest BCUT2D eigenvalue weighted by atomic mass is 10.1. The molecule has 0 bridgehead atoms. The summed E-state index contributed by atoms with van der Waals surface area (Å²) < 4.78 is 17.0. The van der Waals surface area contributed by atoms with Crippen LogP contribution in [0.1, 0.15) is 23.6 Å². The summed E-state index contributed by atoms with van der Waals surface area (Å²) in [5, 5.41) is 0.382. The van der Waals surface area contributed by atoms with Crippen LogP contribution in [0.25, 0.3) is 6.08 Å². The number of rotatable bonds is 7. The van der Waals surface area contributed by atoms with Crippen molar-refractivity contribution in [3.63, 3.8) is 0 Å². The van der Waals surface area contributed by atoms with Gasteiger partial charge in [-0.2, -0.15) is 0 Å². The first-order chi connectivity index (χ1) is 15.1. The zero-order chi connectivity index (χ0) is 21.6. The maximum absolute atomic E-state index is 12.3. The Morgan fingerprint density at radius 2 is 1.71 bits per heavy atom. The highest BCUT2D eigenvalue weighted by atomic mass is 35.5. The topological polar surface area (TPSA) is 57.1 Å². The van der Waals surface area contributed by atoms with Gasteiger partial charge in [-0.05, 0) is 48.4 Å². The first kappa shape index (κ1) is 20.7. The Bertz CT molecular complexity index is 1140. The van der Waals surface area contributed by atoms with Crippen molar-refractivity contribution >= 4 is 29.5 Å². The van der Waals surface area contributed by atoms with E-state index in [0.717, 1.165) is 11.1 Å². The third-order valence-electron chi connectivity index (χ3n) is 4.50. The zero-order valence-corrected chi connectivity index (χ0v) is 17.6. The molecule has 0 aliphatic carbocycles. The standard InChI is InChI=1S/C25H20ClNO4/c1-2-29-22-15-18(13-20(26)23(22)30-16-17-9-5-3-6-10-17)14-21-25(28)31-24(27-21)19-11-7-4-8-12-19/h3-15H,2,16H2,1H3. The predicted molar refractivity (Wildman–Crippen MR) is 120 cm³/mol. The molecular weight excluding hydrogens is 414 g/mol. The average molecular weight is 434 g/mol. The van der Waals surface area contributed by atoms with E-state index >= 15 is 0 Å². The Morgan fingerprint density at radius 3 is 2.42 bits per heavy atom. The van der Waals surface area contributed by atoms with Gasteiger partial charge in [0.1, 0.15) is 6.61 Å². The van der Waals surface area contributed by atoms with E-state index in [-0.39, 0.29) is 11.6 Å². The molecule has 0 atom stereocenters. The van der Waals surface area contributed by atoms with Gasteiger partial charge in [-0.25, -0.2) is 9.79 Å². The first-order valence-electron chi connectivity index (χ1n) is 9.85. The summed E-state index contributed by atoms with van der Waals surface area (Å²) in [5.41, 5.74) is 2.60. The van der Waals surface area contributed by atoms with Gasteiger partial charge in [-0.3, -0.25) is 0 Å². The van der Waals surface area contributed by atoms with Crippen LogP contribution in [0, 0.1) is 0 Å². The largest absolute Gasteiger partial charge is 0.490 e. The summed E-state index contributed by atoms with van der Waals surface area (Å²) in [6.45, 7) is 2.68. The maximum Gasteiger partial charge on any atom is 0.363 e. The highest BCUT2D eigenvalue weighted by Gasteiger charge is 2.24. The Labute approximate surface area is 185 Å². The maximum atomic E-state index is 12.3. The quantitative estimate of drug-likeness (QED) is 0.356. The van der Waals surface area contributed by atoms with Crippen LogP contribution in [0.2, 0.25) is 5.02 Å². The van der Waals surface area contributed by atoms with Crippen molar-refractivity contribution in [2.24, 2.45) is 4.99 Å². The minimum absolute atomic E-state index is 0.190. The monoisotopic (exact) mass is 433 g/mol. The second-order valence-electron chi connectivity index (χ2n) is 6.74. The molecule has 1 heterocycles. The molecule has 0 N–H and O–H groups in total. The van der Waals surface area contributed by atoms with Gasteiger partial charge in [-0.15, -0.1) is 0 Å². The first-order valence-corrected chi connectivity index (χ1v) is 10.2. The van der Waals surface area contributed by atoms with Gasteiger partial charge in [0, 0.05) is 5.56 Å². The fourth-order valence-electron chi connectivity index (χ4n) is 3.08. The van der Waals surface area contributed by atoms with E-state index in [9.17, 15) is 4.79 Å². The van der Waals surface area contributed by atoms with E-state index in [1.807, 2.05) is 67.6 Å².